The predicted octanol–water partition coefficient (Wildman–Crippen LogP) is 5.00. The zero-order chi connectivity index (χ0) is 44.1. The largest absolute Gasteiger partial charge is 0.395 e. The zero-order valence-corrected chi connectivity index (χ0v) is 35.5. The number of anilines is 2. The van der Waals surface area contributed by atoms with E-state index in [-0.39, 0.29) is 38.2 Å². The third-order valence-corrected chi connectivity index (χ3v) is 10.1. The van der Waals surface area contributed by atoms with E-state index in [0.29, 0.717) is 99.3 Å². The summed E-state index contributed by atoms with van der Waals surface area (Å²) in [6.45, 7) is 3.90. The number of aliphatic hydroxyl groups excluding tert-OH is 4. The second-order valence-electron chi connectivity index (χ2n) is 14.5. The number of aromatic nitrogens is 2. The van der Waals surface area contributed by atoms with E-state index in [0.717, 1.165) is 11.4 Å². The molecule has 2 amide bonds. The van der Waals surface area contributed by atoms with E-state index in [2.05, 4.69) is 20.5 Å². The first-order chi connectivity index (χ1) is 30.2. The zero-order valence-electron chi connectivity index (χ0n) is 35.5. The van der Waals surface area contributed by atoms with Gasteiger partial charge in [0.05, 0.1) is 62.1 Å². The van der Waals surface area contributed by atoms with E-state index in [1.54, 1.807) is 48.2 Å². The number of nitrogens with zero attached hydrogens (tertiary/aromatic N) is 10. The van der Waals surface area contributed by atoms with Gasteiger partial charge < -0.3 is 40.0 Å². The summed E-state index contributed by atoms with van der Waals surface area (Å²) in [5.74, 6) is 1.07. The van der Waals surface area contributed by atoms with Gasteiger partial charge in [0.15, 0.2) is 0 Å². The van der Waals surface area contributed by atoms with Crippen molar-refractivity contribution in [1.82, 2.24) is 9.80 Å². The third kappa shape index (κ3) is 13.8. The summed E-state index contributed by atoms with van der Waals surface area (Å²) in [5.41, 5.74) is 4.09. The van der Waals surface area contributed by atoms with Crippen LogP contribution >= 0.6 is 0 Å². The SMILES string of the molecule is CN(CCC[n+]1ccccc1N=Nc1ccc(N(CCO)CCO)cc1)C(=O)c1ccc(C(=O)N(C)CCC[n+]2ccccc2/N=N/c2ccc(N(CCO)CCO)cc2)cc1. The maximum absolute atomic E-state index is 13.3. The molecule has 0 aliphatic heterocycles. The Morgan fingerprint density at radius 3 is 1.16 bits per heavy atom. The highest BCUT2D eigenvalue weighted by atomic mass is 16.3. The second kappa shape index (κ2) is 24.7. The van der Waals surface area contributed by atoms with Crippen molar-refractivity contribution in [3.63, 3.8) is 0 Å². The molecule has 0 saturated carbocycles. The van der Waals surface area contributed by atoms with Gasteiger partial charge in [-0.2, -0.15) is 0 Å². The topological polar surface area (TPSA) is 185 Å². The Hall–Kier alpha value is -6.46. The summed E-state index contributed by atoms with van der Waals surface area (Å²) >= 11 is 0. The molecule has 2 heterocycles. The molecule has 0 unspecified atom stereocenters. The highest BCUT2D eigenvalue weighted by Gasteiger charge is 2.18. The van der Waals surface area contributed by atoms with E-state index >= 15 is 0 Å². The van der Waals surface area contributed by atoms with Crippen molar-refractivity contribution in [1.29, 1.82) is 0 Å². The number of pyridine rings is 2. The van der Waals surface area contributed by atoms with Crippen LogP contribution in [0.3, 0.4) is 0 Å². The van der Waals surface area contributed by atoms with Crippen molar-refractivity contribution < 1.29 is 39.1 Å². The van der Waals surface area contributed by atoms with Gasteiger partial charge in [-0.1, -0.05) is 12.1 Å². The van der Waals surface area contributed by atoms with Crippen LogP contribution in [-0.2, 0) is 13.1 Å². The number of aryl methyl sites for hydroxylation is 2. The molecular formula is C46H58N10O6+2. The minimum atomic E-state index is -0.136. The Kier molecular flexibility index (Phi) is 18.6. The van der Waals surface area contributed by atoms with Gasteiger partial charge in [0.25, 0.3) is 11.8 Å². The Bertz CT molecular complexity index is 2040. The molecule has 62 heavy (non-hydrogen) atoms. The second-order valence-corrected chi connectivity index (χ2v) is 14.5. The van der Waals surface area contributed by atoms with Gasteiger partial charge in [0.1, 0.15) is 11.4 Å². The summed E-state index contributed by atoms with van der Waals surface area (Å²) < 4.78 is 3.97. The summed E-state index contributed by atoms with van der Waals surface area (Å²) in [6.07, 6.45) is 5.22. The van der Waals surface area contributed by atoms with Crippen LogP contribution in [0.25, 0.3) is 0 Å². The average molecular weight is 847 g/mol. The Morgan fingerprint density at radius 2 is 0.823 bits per heavy atom. The summed E-state index contributed by atoms with van der Waals surface area (Å²) in [6, 6.07) is 33.1. The van der Waals surface area contributed by atoms with Gasteiger partial charge in [-0.05, 0) is 95.2 Å². The van der Waals surface area contributed by atoms with E-state index < -0.39 is 0 Å². The molecule has 16 nitrogen and oxygen atoms in total. The molecule has 16 heteroatoms. The van der Waals surface area contributed by atoms with Crippen LogP contribution in [0.15, 0.2) is 142 Å². The number of hydrogen-bond donors (Lipinski definition) is 4. The molecule has 0 aliphatic carbocycles. The number of amides is 2. The summed E-state index contributed by atoms with van der Waals surface area (Å²) in [5, 5.41) is 55.1. The lowest BCUT2D eigenvalue weighted by Crippen LogP contribution is -2.36. The van der Waals surface area contributed by atoms with Crippen LogP contribution in [-0.4, -0.2) is 122 Å². The molecule has 3 aromatic carbocycles. The Labute approximate surface area is 363 Å². The van der Waals surface area contributed by atoms with Crippen molar-refractivity contribution in [3.8, 4) is 0 Å². The Balaban J connectivity index is 1.07. The van der Waals surface area contributed by atoms with E-state index in [1.807, 2.05) is 116 Å². The normalized spacial score (nSPS) is 11.3. The van der Waals surface area contributed by atoms with Crippen molar-refractivity contribution in [2.45, 2.75) is 25.9 Å². The number of benzene rings is 3. The number of carbonyl (C=O) groups excluding carboxylic acids is 2. The molecule has 326 valence electrons. The molecular weight excluding hydrogens is 789 g/mol. The lowest BCUT2D eigenvalue weighted by atomic mass is 10.1. The maximum Gasteiger partial charge on any atom is 0.350 e. The molecule has 4 N–H and O–H groups in total. The van der Waals surface area contributed by atoms with Crippen molar-refractivity contribution >= 4 is 46.2 Å². The highest BCUT2D eigenvalue weighted by molar-refractivity contribution is 5.97. The van der Waals surface area contributed by atoms with Gasteiger partial charge in [-0.3, -0.25) is 9.59 Å². The first-order valence-corrected chi connectivity index (χ1v) is 20.8. The minimum Gasteiger partial charge on any atom is -0.395 e. The van der Waals surface area contributed by atoms with Crippen molar-refractivity contribution in [2.75, 3.05) is 89.6 Å². The minimum absolute atomic E-state index is 0.00995. The van der Waals surface area contributed by atoms with E-state index in [9.17, 15) is 30.0 Å². The first kappa shape index (κ1) is 46.6. The monoisotopic (exact) mass is 846 g/mol. The average Bonchev–Trinajstić information content (AvgIpc) is 3.30. The molecule has 0 aliphatic rings. The molecule has 0 fully saturated rings. The predicted molar refractivity (Wildman–Crippen MR) is 237 cm³/mol. The fourth-order valence-corrected chi connectivity index (χ4v) is 6.75. The fourth-order valence-electron chi connectivity index (χ4n) is 6.75. The van der Waals surface area contributed by atoms with Gasteiger partial charge in [0.2, 0.25) is 0 Å². The molecule has 2 aromatic heterocycles. The molecule has 5 aromatic rings. The quantitative estimate of drug-likeness (QED) is 0.0494. The lowest BCUT2D eigenvalue weighted by Gasteiger charge is -2.22. The summed E-state index contributed by atoms with van der Waals surface area (Å²) in [4.78, 5) is 33.8. The van der Waals surface area contributed by atoms with Crippen LogP contribution in [0.4, 0.5) is 34.4 Å². The molecule has 0 saturated heterocycles. The molecule has 0 bridgehead atoms. The number of carbonyl (C=O) groups is 2. The maximum atomic E-state index is 13.3. The van der Waals surface area contributed by atoms with Crippen LogP contribution in [0.2, 0.25) is 0 Å². The lowest BCUT2D eigenvalue weighted by molar-refractivity contribution is -0.684. The van der Waals surface area contributed by atoms with Gasteiger partial charge in [0, 0.05) is 101 Å². The number of azo groups is 2. The van der Waals surface area contributed by atoms with Gasteiger partial charge in [-0.25, -0.2) is 9.13 Å². The van der Waals surface area contributed by atoms with Crippen LogP contribution in [0.5, 0.6) is 0 Å². The number of rotatable bonds is 24. The molecule has 0 atom stereocenters. The molecule has 0 radical (unpaired) electrons. The number of hydrogen-bond acceptors (Lipinski definition) is 12. The molecule has 5 rings (SSSR count). The van der Waals surface area contributed by atoms with Crippen LogP contribution in [0, 0.1) is 0 Å². The Morgan fingerprint density at radius 1 is 0.468 bits per heavy atom. The van der Waals surface area contributed by atoms with Crippen molar-refractivity contribution in [2.24, 2.45) is 20.5 Å². The first-order valence-electron chi connectivity index (χ1n) is 20.8. The van der Waals surface area contributed by atoms with Crippen molar-refractivity contribution in [3.05, 3.63) is 133 Å². The van der Waals surface area contributed by atoms with Crippen LogP contribution < -0.4 is 18.9 Å². The van der Waals surface area contributed by atoms with Gasteiger partial charge in [-0.15, -0.1) is 0 Å². The van der Waals surface area contributed by atoms with Crippen LogP contribution in [0.1, 0.15) is 33.6 Å². The third-order valence-electron chi connectivity index (χ3n) is 10.1. The summed E-state index contributed by atoms with van der Waals surface area (Å²) in [7, 11) is 3.53. The smallest absolute Gasteiger partial charge is 0.350 e. The van der Waals surface area contributed by atoms with Gasteiger partial charge >= 0.3 is 11.6 Å². The highest BCUT2D eigenvalue weighted by Crippen LogP contribution is 2.23. The number of aliphatic hydroxyl groups is 4. The van der Waals surface area contributed by atoms with E-state index in [1.165, 1.54) is 0 Å². The fraction of sp³-hybridized carbons (Fsp3) is 0.348. The van der Waals surface area contributed by atoms with E-state index in [4.69, 9.17) is 0 Å². The molecule has 0 spiro atoms. The standard InChI is InChI=1S/C46H58N10O6/c1-51(23-7-27-55-25-5-3-9-43(55)49-47-39-15-19-41(20-16-39)53(29-33-57)30-34-58)45(61)37-11-13-38(14-12-37)46(62)52(2)24-8-28-56-26-6-4-10-44(56)50-48-40-17-21-42(22-18-40)54(31-35-59)32-36-60/h3-6,9-22,25-26,57-60H,7-8,23-24,27-36H2,1-2H3/q+2.